The highest BCUT2D eigenvalue weighted by Crippen LogP contribution is 2.49. The third kappa shape index (κ3) is 3.43. The van der Waals surface area contributed by atoms with Crippen molar-refractivity contribution < 1.29 is 23.4 Å². The van der Waals surface area contributed by atoms with Gasteiger partial charge in [-0.2, -0.15) is 0 Å². The Morgan fingerprint density at radius 1 is 1.35 bits per heavy atom. The van der Waals surface area contributed by atoms with Crippen LogP contribution in [0.2, 0.25) is 0 Å². The first-order valence-corrected chi connectivity index (χ1v) is 9.35. The van der Waals surface area contributed by atoms with E-state index in [2.05, 4.69) is 0 Å². The van der Waals surface area contributed by atoms with E-state index in [0.29, 0.717) is 30.8 Å². The lowest BCUT2D eigenvalue weighted by Crippen LogP contribution is -2.60. The van der Waals surface area contributed by atoms with Gasteiger partial charge in [0.05, 0.1) is 19.6 Å². The molecule has 1 saturated carbocycles. The summed E-state index contributed by atoms with van der Waals surface area (Å²) in [5.74, 6) is -1.59. The Balaban J connectivity index is 1.61. The van der Waals surface area contributed by atoms with Crippen molar-refractivity contribution >= 4 is 5.91 Å². The van der Waals surface area contributed by atoms with Gasteiger partial charge < -0.3 is 14.7 Å². The number of nitrogens with zero attached hydrogens (tertiary/aromatic N) is 1. The van der Waals surface area contributed by atoms with Crippen LogP contribution < -0.4 is 4.74 Å². The second-order valence-corrected chi connectivity index (χ2v) is 7.77. The first kappa shape index (κ1) is 19.1. The average molecular weight is 367 g/mol. The number of ether oxygens (including phenoxy) is 1. The molecule has 1 aromatic rings. The molecule has 0 unspecified atom stereocenters. The molecular weight excluding hydrogens is 340 g/mol. The van der Waals surface area contributed by atoms with Crippen LogP contribution in [0.15, 0.2) is 12.1 Å². The molecule has 3 rings (SSSR count). The smallest absolute Gasteiger partial charge is 0.228 e. The molecule has 2 fully saturated rings. The van der Waals surface area contributed by atoms with Crippen molar-refractivity contribution in [2.45, 2.75) is 44.9 Å². The first-order chi connectivity index (χ1) is 12.4. The second-order valence-electron chi connectivity index (χ2n) is 7.77. The summed E-state index contributed by atoms with van der Waals surface area (Å²) in [5, 5.41) is 9.29. The second kappa shape index (κ2) is 7.51. The maximum atomic E-state index is 14.2. The highest BCUT2D eigenvalue weighted by atomic mass is 19.2. The quantitative estimate of drug-likeness (QED) is 0.867. The molecule has 26 heavy (non-hydrogen) atoms. The molecule has 1 aliphatic heterocycles. The molecule has 144 valence electrons. The monoisotopic (exact) mass is 367 g/mol. The number of benzene rings is 1. The zero-order valence-electron chi connectivity index (χ0n) is 15.4. The molecule has 1 aliphatic carbocycles. The van der Waals surface area contributed by atoms with Gasteiger partial charge in [0.1, 0.15) is 5.75 Å². The predicted octanol–water partition coefficient (Wildman–Crippen LogP) is 3.48. The maximum Gasteiger partial charge on any atom is 0.228 e. The fourth-order valence-electron chi connectivity index (χ4n) is 4.42. The molecular formula is C20H27F2NO3. The molecule has 1 heterocycles. The summed E-state index contributed by atoms with van der Waals surface area (Å²) in [6.07, 6.45) is 4.00. The molecule has 1 amide bonds. The zero-order chi connectivity index (χ0) is 18.9. The highest BCUT2D eigenvalue weighted by molar-refractivity contribution is 5.80. The molecule has 1 saturated heterocycles. The van der Waals surface area contributed by atoms with Gasteiger partial charge in [-0.05, 0) is 49.7 Å². The molecule has 6 heteroatoms. The van der Waals surface area contributed by atoms with Gasteiger partial charge >= 0.3 is 0 Å². The van der Waals surface area contributed by atoms with Crippen molar-refractivity contribution in [2.24, 2.45) is 11.3 Å². The lowest BCUT2D eigenvalue weighted by atomic mass is 9.64. The van der Waals surface area contributed by atoms with Gasteiger partial charge in [0.15, 0.2) is 11.6 Å². The third-order valence-corrected chi connectivity index (χ3v) is 6.18. The number of rotatable bonds is 5. The number of likely N-dealkylation sites (tertiary alicyclic amines) is 1. The Labute approximate surface area is 153 Å². The van der Waals surface area contributed by atoms with Crippen molar-refractivity contribution in [3.8, 4) is 5.75 Å². The van der Waals surface area contributed by atoms with E-state index in [1.54, 1.807) is 6.07 Å². The van der Waals surface area contributed by atoms with Crippen molar-refractivity contribution in [3.63, 3.8) is 0 Å². The van der Waals surface area contributed by atoms with Crippen LogP contribution in [0.25, 0.3) is 0 Å². The zero-order valence-corrected chi connectivity index (χ0v) is 15.4. The van der Waals surface area contributed by atoms with E-state index in [1.165, 1.54) is 7.11 Å². The summed E-state index contributed by atoms with van der Waals surface area (Å²) >= 11 is 0. The van der Waals surface area contributed by atoms with Crippen LogP contribution in [-0.4, -0.2) is 42.7 Å². The number of hydrogen-bond donors (Lipinski definition) is 1. The van der Waals surface area contributed by atoms with Gasteiger partial charge in [-0.3, -0.25) is 4.79 Å². The number of carbonyl (C=O) groups excluding carboxylic acids is 1. The lowest BCUT2D eigenvalue weighted by molar-refractivity contribution is -0.151. The van der Waals surface area contributed by atoms with E-state index in [4.69, 9.17) is 4.74 Å². The minimum Gasteiger partial charge on any atom is -0.497 e. The predicted molar refractivity (Wildman–Crippen MR) is 94.0 cm³/mol. The van der Waals surface area contributed by atoms with Crippen molar-refractivity contribution in [2.75, 3.05) is 26.8 Å². The summed E-state index contributed by atoms with van der Waals surface area (Å²) in [6.45, 7) is 3.22. The van der Waals surface area contributed by atoms with Crippen LogP contribution in [0.4, 0.5) is 8.78 Å². The highest BCUT2D eigenvalue weighted by Gasteiger charge is 2.48. The molecule has 1 aromatic carbocycles. The van der Waals surface area contributed by atoms with Crippen molar-refractivity contribution in [1.82, 2.24) is 4.90 Å². The molecule has 1 N–H and O–H groups in total. The van der Waals surface area contributed by atoms with Crippen LogP contribution in [0, 0.1) is 23.0 Å². The largest absolute Gasteiger partial charge is 0.497 e. The number of halogens is 2. The Hall–Kier alpha value is -1.69. The van der Waals surface area contributed by atoms with Crippen molar-refractivity contribution in [1.29, 1.82) is 0 Å². The van der Waals surface area contributed by atoms with Crippen LogP contribution in [0.5, 0.6) is 5.75 Å². The summed E-state index contributed by atoms with van der Waals surface area (Å²) in [6, 6.07) is 2.68. The third-order valence-electron chi connectivity index (χ3n) is 6.18. The van der Waals surface area contributed by atoms with E-state index in [1.807, 2.05) is 11.8 Å². The number of hydrogen-bond acceptors (Lipinski definition) is 3. The van der Waals surface area contributed by atoms with Gasteiger partial charge in [-0.1, -0.05) is 6.92 Å². The van der Waals surface area contributed by atoms with Gasteiger partial charge in [-0.25, -0.2) is 8.78 Å². The van der Waals surface area contributed by atoms with E-state index >= 15 is 0 Å². The summed E-state index contributed by atoms with van der Waals surface area (Å²) in [7, 11) is 1.45. The van der Waals surface area contributed by atoms with E-state index < -0.39 is 11.6 Å². The topological polar surface area (TPSA) is 49.8 Å². The number of methoxy groups -OCH3 is 1. The maximum absolute atomic E-state index is 14.2. The number of aliphatic hydroxyl groups excluding tert-OH is 1. The van der Waals surface area contributed by atoms with Crippen LogP contribution in [0.1, 0.15) is 50.5 Å². The Bertz CT molecular complexity index is 659. The Morgan fingerprint density at radius 3 is 2.54 bits per heavy atom. The van der Waals surface area contributed by atoms with Gasteiger partial charge in [0.2, 0.25) is 5.91 Å². The molecule has 0 aromatic heterocycles. The molecule has 2 aliphatic rings. The molecule has 0 radical (unpaired) electrons. The normalized spacial score (nSPS) is 20.7. The lowest BCUT2D eigenvalue weighted by Gasteiger charge is -2.54. The first-order valence-electron chi connectivity index (χ1n) is 9.35. The van der Waals surface area contributed by atoms with Gasteiger partial charge in [-0.15, -0.1) is 0 Å². The van der Waals surface area contributed by atoms with E-state index in [9.17, 15) is 18.7 Å². The standard InChI is InChI=1S/C20H27F2NO3/c1-3-13(10-24)19(25)23-11-20(12-23)6-4-14(5-7-20)16-8-15(26-2)9-17(21)18(16)22/h8-9,13-14,24H,3-7,10-12H2,1-2H3/t13-/m1/s1. The van der Waals surface area contributed by atoms with E-state index in [0.717, 1.165) is 31.7 Å². The Morgan fingerprint density at radius 2 is 2.00 bits per heavy atom. The minimum absolute atomic E-state index is 0.0178. The molecule has 1 atom stereocenters. The molecule has 1 spiro atoms. The van der Waals surface area contributed by atoms with E-state index in [-0.39, 0.29) is 29.8 Å². The number of amides is 1. The average Bonchev–Trinajstić information content (AvgIpc) is 2.63. The summed E-state index contributed by atoms with van der Waals surface area (Å²) in [4.78, 5) is 14.1. The van der Waals surface area contributed by atoms with Gasteiger partial charge in [0, 0.05) is 24.6 Å². The van der Waals surface area contributed by atoms with Crippen molar-refractivity contribution in [3.05, 3.63) is 29.3 Å². The Kier molecular flexibility index (Phi) is 5.51. The number of carbonyl (C=O) groups is 1. The van der Waals surface area contributed by atoms with Crippen LogP contribution in [0.3, 0.4) is 0 Å². The minimum atomic E-state index is -0.866. The van der Waals surface area contributed by atoms with Crippen LogP contribution in [-0.2, 0) is 4.79 Å². The SMILES string of the molecule is CC[C@H](CO)C(=O)N1CC2(CCC(c3cc(OC)cc(F)c3F)CC2)C1. The fourth-order valence-corrected chi connectivity index (χ4v) is 4.42. The summed E-state index contributed by atoms with van der Waals surface area (Å²) in [5.41, 5.74) is 0.503. The van der Waals surface area contributed by atoms with Gasteiger partial charge in [0.25, 0.3) is 0 Å². The summed E-state index contributed by atoms with van der Waals surface area (Å²) < 4.78 is 33.1. The van der Waals surface area contributed by atoms with Crippen LogP contribution >= 0.6 is 0 Å². The molecule has 0 bridgehead atoms. The number of aliphatic hydroxyl groups is 1. The fraction of sp³-hybridized carbons (Fsp3) is 0.650. The molecule has 4 nitrogen and oxygen atoms in total.